The summed E-state index contributed by atoms with van der Waals surface area (Å²) >= 11 is 1.33. The molecule has 0 spiro atoms. The Balaban J connectivity index is 1.50. The summed E-state index contributed by atoms with van der Waals surface area (Å²) < 4.78 is 27.4. The summed E-state index contributed by atoms with van der Waals surface area (Å²) in [5, 5.41) is 5.11. The van der Waals surface area contributed by atoms with E-state index in [1.165, 1.54) is 34.6 Å². The number of aryl methyl sites for hydroxylation is 2. The number of sulfonamides is 1. The van der Waals surface area contributed by atoms with Crippen LogP contribution in [0, 0.1) is 13.8 Å². The predicted octanol–water partition coefficient (Wildman–Crippen LogP) is 4.12. The number of amides is 1. The van der Waals surface area contributed by atoms with Gasteiger partial charge in [-0.1, -0.05) is 18.2 Å². The minimum absolute atomic E-state index is 0.0108. The molecular formula is C21H21N3O3S2. The number of carbonyl (C=O) groups is 1. The Morgan fingerprint density at radius 3 is 2.62 bits per heavy atom. The van der Waals surface area contributed by atoms with E-state index < -0.39 is 15.9 Å². The first-order valence-electron chi connectivity index (χ1n) is 9.29. The monoisotopic (exact) mass is 427 g/mol. The van der Waals surface area contributed by atoms with Crippen molar-refractivity contribution in [1.82, 2.24) is 9.71 Å². The average Bonchev–Trinajstić information content (AvgIpc) is 3.37. The number of thiazole rings is 1. The molecule has 6 nitrogen and oxygen atoms in total. The molecule has 0 bridgehead atoms. The molecule has 1 aliphatic rings. The Morgan fingerprint density at radius 1 is 1.10 bits per heavy atom. The van der Waals surface area contributed by atoms with Gasteiger partial charge in [0, 0.05) is 22.5 Å². The molecule has 8 heteroatoms. The highest BCUT2D eigenvalue weighted by Gasteiger charge is 2.28. The number of aromatic nitrogens is 1. The molecule has 150 valence electrons. The second-order valence-corrected chi connectivity index (χ2v) is 9.79. The molecule has 3 aromatic rings. The van der Waals surface area contributed by atoms with E-state index in [1.54, 1.807) is 12.1 Å². The minimum atomic E-state index is -3.61. The first-order valence-corrected chi connectivity index (χ1v) is 11.6. The van der Waals surface area contributed by atoms with Gasteiger partial charge in [-0.25, -0.2) is 18.1 Å². The summed E-state index contributed by atoms with van der Waals surface area (Å²) in [4.78, 5) is 17.2. The Kier molecular flexibility index (Phi) is 5.24. The highest BCUT2D eigenvalue weighted by molar-refractivity contribution is 7.89. The van der Waals surface area contributed by atoms with Crippen molar-refractivity contribution in [1.29, 1.82) is 0 Å². The average molecular weight is 428 g/mol. The zero-order chi connectivity index (χ0) is 20.6. The third-order valence-electron chi connectivity index (χ3n) is 4.83. The minimum Gasteiger partial charge on any atom is -0.298 e. The molecule has 0 radical (unpaired) electrons. The summed E-state index contributed by atoms with van der Waals surface area (Å²) in [6, 6.07) is 12.2. The van der Waals surface area contributed by atoms with Gasteiger partial charge in [0.2, 0.25) is 10.0 Å². The van der Waals surface area contributed by atoms with Crippen molar-refractivity contribution in [3.8, 4) is 11.3 Å². The van der Waals surface area contributed by atoms with E-state index in [2.05, 4.69) is 28.0 Å². The van der Waals surface area contributed by atoms with Crippen LogP contribution in [0.25, 0.3) is 11.3 Å². The highest BCUT2D eigenvalue weighted by atomic mass is 32.2. The third-order valence-corrected chi connectivity index (χ3v) is 7.11. The maximum Gasteiger partial charge on any atom is 0.257 e. The zero-order valence-electron chi connectivity index (χ0n) is 16.1. The van der Waals surface area contributed by atoms with Crippen molar-refractivity contribution in [2.24, 2.45) is 0 Å². The van der Waals surface area contributed by atoms with Crippen LogP contribution in [0.4, 0.5) is 5.13 Å². The lowest BCUT2D eigenvalue weighted by Crippen LogP contribution is -2.26. The Morgan fingerprint density at radius 2 is 1.90 bits per heavy atom. The Labute approximate surface area is 174 Å². The summed E-state index contributed by atoms with van der Waals surface area (Å²) in [6.45, 7) is 4.10. The number of rotatable bonds is 6. The maximum atomic E-state index is 12.6. The van der Waals surface area contributed by atoms with E-state index in [4.69, 9.17) is 0 Å². The van der Waals surface area contributed by atoms with Crippen LogP contribution in [0.15, 0.2) is 52.7 Å². The lowest BCUT2D eigenvalue weighted by atomic mass is 10.1. The van der Waals surface area contributed by atoms with Gasteiger partial charge in [-0.2, -0.15) is 0 Å². The molecule has 2 aromatic carbocycles. The molecule has 0 aliphatic heterocycles. The van der Waals surface area contributed by atoms with Crippen LogP contribution in [0.5, 0.6) is 0 Å². The van der Waals surface area contributed by atoms with Crippen LogP contribution in [0.3, 0.4) is 0 Å². The quantitative estimate of drug-likeness (QED) is 0.619. The van der Waals surface area contributed by atoms with Crippen LogP contribution in [-0.4, -0.2) is 25.4 Å². The van der Waals surface area contributed by atoms with Gasteiger partial charge in [-0.3, -0.25) is 10.1 Å². The molecule has 1 saturated carbocycles. The van der Waals surface area contributed by atoms with Crippen LogP contribution >= 0.6 is 11.3 Å². The van der Waals surface area contributed by atoms with Gasteiger partial charge in [-0.05, 0) is 62.1 Å². The standard InChI is InChI=1S/C21H21N3O3S2/c1-13-6-7-15(10-14(13)2)19-12-28-21(22-19)23-20(25)16-4-3-5-18(11-16)29(26,27)24-17-8-9-17/h3-7,10-12,17,24H,8-9H2,1-2H3,(H,22,23,25). The number of hydrogen-bond acceptors (Lipinski definition) is 5. The van der Waals surface area contributed by atoms with Crippen LogP contribution in [-0.2, 0) is 10.0 Å². The van der Waals surface area contributed by atoms with Crippen molar-refractivity contribution in [3.05, 3.63) is 64.5 Å². The fourth-order valence-corrected chi connectivity index (χ4v) is 4.89. The molecular weight excluding hydrogens is 406 g/mol. The zero-order valence-corrected chi connectivity index (χ0v) is 17.7. The summed E-state index contributed by atoms with van der Waals surface area (Å²) in [5.74, 6) is -0.394. The fraction of sp³-hybridized carbons (Fsp3) is 0.238. The third kappa shape index (κ3) is 4.55. The molecule has 1 amide bonds. The number of carbonyl (C=O) groups excluding carboxylic acids is 1. The Hall–Kier alpha value is -2.55. The van der Waals surface area contributed by atoms with E-state index in [9.17, 15) is 13.2 Å². The normalized spacial score (nSPS) is 14.0. The van der Waals surface area contributed by atoms with Crippen molar-refractivity contribution >= 4 is 32.4 Å². The second kappa shape index (κ2) is 7.70. The molecule has 4 rings (SSSR count). The molecule has 0 saturated heterocycles. The number of benzene rings is 2. The molecule has 2 N–H and O–H groups in total. The molecule has 1 aliphatic carbocycles. The first kappa shape index (κ1) is 19.8. The van der Waals surface area contributed by atoms with Gasteiger partial charge >= 0.3 is 0 Å². The molecule has 1 aromatic heterocycles. The number of nitrogens with zero attached hydrogens (tertiary/aromatic N) is 1. The van der Waals surface area contributed by atoms with Gasteiger partial charge in [0.15, 0.2) is 5.13 Å². The molecule has 1 fully saturated rings. The molecule has 29 heavy (non-hydrogen) atoms. The van der Waals surface area contributed by atoms with E-state index in [-0.39, 0.29) is 16.5 Å². The van der Waals surface area contributed by atoms with E-state index in [1.807, 2.05) is 24.4 Å². The predicted molar refractivity (Wildman–Crippen MR) is 115 cm³/mol. The van der Waals surface area contributed by atoms with Gasteiger partial charge < -0.3 is 0 Å². The van der Waals surface area contributed by atoms with E-state index >= 15 is 0 Å². The van der Waals surface area contributed by atoms with E-state index in [0.717, 1.165) is 24.1 Å². The van der Waals surface area contributed by atoms with E-state index in [0.29, 0.717) is 5.13 Å². The highest BCUT2D eigenvalue weighted by Crippen LogP contribution is 2.27. The summed E-state index contributed by atoms with van der Waals surface area (Å²) in [7, 11) is -3.61. The topological polar surface area (TPSA) is 88.2 Å². The summed E-state index contributed by atoms with van der Waals surface area (Å²) in [6.07, 6.45) is 1.71. The van der Waals surface area contributed by atoms with Gasteiger partial charge in [-0.15, -0.1) is 11.3 Å². The van der Waals surface area contributed by atoms with Crippen LogP contribution in [0.2, 0.25) is 0 Å². The van der Waals surface area contributed by atoms with Crippen molar-refractivity contribution in [3.63, 3.8) is 0 Å². The smallest absolute Gasteiger partial charge is 0.257 e. The molecule has 1 heterocycles. The number of anilines is 1. The van der Waals surface area contributed by atoms with Gasteiger partial charge in [0.05, 0.1) is 10.6 Å². The van der Waals surface area contributed by atoms with Crippen LogP contribution < -0.4 is 10.0 Å². The van der Waals surface area contributed by atoms with Crippen LogP contribution in [0.1, 0.15) is 34.3 Å². The number of nitrogens with one attached hydrogen (secondary N) is 2. The van der Waals surface area contributed by atoms with Crippen molar-refractivity contribution in [2.45, 2.75) is 37.6 Å². The SMILES string of the molecule is Cc1ccc(-c2csc(NC(=O)c3cccc(S(=O)(=O)NC4CC4)c3)n2)cc1C. The lowest BCUT2D eigenvalue weighted by molar-refractivity contribution is 0.102. The fourth-order valence-electron chi connectivity index (χ4n) is 2.83. The molecule has 0 atom stereocenters. The largest absolute Gasteiger partial charge is 0.298 e. The summed E-state index contributed by atoms with van der Waals surface area (Å²) in [5.41, 5.74) is 4.44. The van der Waals surface area contributed by atoms with Crippen molar-refractivity contribution < 1.29 is 13.2 Å². The molecule has 0 unspecified atom stereocenters. The second-order valence-electron chi connectivity index (χ2n) is 7.21. The van der Waals surface area contributed by atoms with Gasteiger partial charge in [0.25, 0.3) is 5.91 Å². The lowest BCUT2D eigenvalue weighted by Gasteiger charge is -2.07. The maximum absolute atomic E-state index is 12.6. The number of hydrogen-bond donors (Lipinski definition) is 2. The Bertz CT molecular complexity index is 1180. The first-order chi connectivity index (χ1) is 13.8. The van der Waals surface area contributed by atoms with Gasteiger partial charge in [0.1, 0.15) is 0 Å². The van der Waals surface area contributed by atoms with Crippen molar-refractivity contribution in [2.75, 3.05) is 5.32 Å².